The average Bonchev–Trinajstić information content (AvgIpc) is 2.84. The minimum atomic E-state index is -0.853. The van der Waals surface area contributed by atoms with E-state index in [2.05, 4.69) is 9.88 Å². The van der Waals surface area contributed by atoms with E-state index in [0.29, 0.717) is 13.0 Å². The Labute approximate surface area is 127 Å². The molecule has 0 aliphatic heterocycles. The van der Waals surface area contributed by atoms with Gasteiger partial charge in [-0.2, -0.15) is 0 Å². The summed E-state index contributed by atoms with van der Waals surface area (Å²) in [5.41, 5.74) is 7.21. The van der Waals surface area contributed by atoms with Crippen molar-refractivity contribution in [3.8, 4) is 0 Å². The monoisotopic (exact) mass is 311 g/mol. The van der Waals surface area contributed by atoms with E-state index in [1.807, 2.05) is 19.4 Å². The lowest BCUT2D eigenvalue weighted by atomic mass is 10.0. The summed E-state index contributed by atoms with van der Waals surface area (Å²) in [5, 5.41) is 3.06. The molecule has 21 heavy (non-hydrogen) atoms. The van der Waals surface area contributed by atoms with Crippen molar-refractivity contribution in [1.82, 2.24) is 9.88 Å². The van der Waals surface area contributed by atoms with Crippen LogP contribution in [0.5, 0.6) is 0 Å². The fourth-order valence-electron chi connectivity index (χ4n) is 2.16. The Kier molecular flexibility index (Phi) is 5.39. The molecule has 2 rings (SSSR count). The summed E-state index contributed by atoms with van der Waals surface area (Å²) in [7, 11) is 1.96. The molecule has 3 nitrogen and oxygen atoms in total. The second kappa shape index (κ2) is 7.06. The average molecular weight is 311 g/mol. The zero-order valence-electron chi connectivity index (χ0n) is 12.1. The second-order valence-corrected chi connectivity index (χ2v) is 6.20. The Bertz CT molecular complexity index is 600. The van der Waals surface area contributed by atoms with Gasteiger partial charge < -0.3 is 10.6 Å². The van der Waals surface area contributed by atoms with Crippen LogP contribution in [0.1, 0.15) is 28.7 Å². The second-order valence-electron chi connectivity index (χ2n) is 5.13. The van der Waals surface area contributed by atoms with Crippen molar-refractivity contribution in [1.29, 1.82) is 0 Å². The van der Waals surface area contributed by atoms with Crippen LogP contribution in [0.3, 0.4) is 0 Å². The van der Waals surface area contributed by atoms with E-state index >= 15 is 0 Å². The van der Waals surface area contributed by atoms with Crippen LogP contribution in [0.15, 0.2) is 23.6 Å². The molecule has 0 saturated carbocycles. The summed E-state index contributed by atoms with van der Waals surface area (Å²) in [6, 6.07) is 3.60. The molecule has 0 radical (unpaired) electrons. The molecule has 0 bridgehead atoms. The van der Waals surface area contributed by atoms with E-state index in [-0.39, 0.29) is 5.56 Å². The Morgan fingerprint density at radius 2 is 2.14 bits per heavy atom. The van der Waals surface area contributed by atoms with Crippen LogP contribution in [-0.2, 0) is 6.54 Å². The van der Waals surface area contributed by atoms with Gasteiger partial charge >= 0.3 is 0 Å². The third-order valence-corrected chi connectivity index (χ3v) is 4.12. The number of hydrogen-bond donors (Lipinski definition) is 1. The summed E-state index contributed by atoms with van der Waals surface area (Å²) in [6.45, 7) is 3.38. The lowest BCUT2D eigenvalue weighted by molar-refractivity contribution is 0.307. The molecule has 0 fully saturated rings. The molecule has 1 heterocycles. The third-order valence-electron chi connectivity index (χ3n) is 3.30. The molecule has 1 aromatic carbocycles. The van der Waals surface area contributed by atoms with Crippen molar-refractivity contribution in [2.24, 2.45) is 5.73 Å². The zero-order chi connectivity index (χ0) is 15.4. The van der Waals surface area contributed by atoms with E-state index in [9.17, 15) is 8.78 Å². The van der Waals surface area contributed by atoms with Gasteiger partial charge in [0, 0.05) is 30.1 Å². The maximum atomic E-state index is 13.6. The van der Waals surface area contributed by atoms with E-state index in [1.54, 1.807) is 11.3 Å². The minimum absolute atomic E-state index is 0.230. The normalized spacial score (nSPS) is 12.9. The Balaban J connectivity index is 1.88. The van der Waals surface area contributed by atoms with Crippen LogP contribution < -0.4 is 5.73 Å². The van der Waals surface area contributed by atoms with Gasteiger partial charge in [-0.3, -0.25) is 0 Å². The smallest absolute Gasteiger partial charge is 0.163 e. The van der Waals surface area contributed by atoms with Gasteiger partial charge in [-0.25, -0.2) is 13.8 Å². The van der Waals surface area contributed by atoms with Gasteiger partial charge in [0.15, 0.2) is 11.6 Å². The SMILES string of the molecule is Cc1nc(CN(C)CCC(N)c2cccc(F)c2F)cs1. The van der Waals surface area contributed by atoms with Crippen molar-refractivity contribution < 1.29 is 8.78 Å². The highest BCUT2D eigenvalue weighted by Crippen LogP contribution is 2.20. The molecule has 1 unspecified atom stereocenters. The first-order chi connectivity index (χ1) is 9.97. The number of hydrogen-bond acceptors (Lipinski definition) is 4. The molecule has 1 aromatic heterocycles. The number of aryl methyl sites for hydroxylation is 1. The van der Waals surface area contributed by atoms with Crippen molar-refractivity contribution in [2.75, 3.05) is 13.6 Å². The van der Waals surface area contributed by atoms with Crippen molar-refractivity contribution in [2.45, 2.75) is 25.9 Å². The first-order valence-electron chi connectivity index (χ1n) is 6.76. The van der Waals surface area contributed by atoms with Gasteiger partial charge in [0.2, 0.25) is 0 Å². The van der Waals surface area contributed by atoms with E-state index in [1.165, 1.54) is 12.1 Å². The number of aromatic nitrogens is 1. The van der Waals surface area contributed by atoms with Crippen molar-refractivity contribution in [3.63, 3.8) is 0 Å². The van der Waals surface area contributed by atoms with Crippen LogP contribution in [-0.4, -0.2) is 23.5 Å². The van der Waals surface area contributed by atoms with Gasteiger partial charge in [0.25, 0.3) is 0 Å². The first-order valence-corrected chi connectivity index (χ1v) is 7.64. The third kappa shape index (κ3) is 4.30. The Morgan fingerprint density at radius 3 is 2.81 bits per heavy atom. The molecule has 1 atom stereocenters. The highest BCUT2D eigenvalue weighted by atomic mass is 32.1. The maximum absolute atomic E-state index is 13.6. The number of thiazole rings is 1. The van der Waals surface area contributed by atoms with Gasteiger partial charge in [0.05, 0.1) is 10.7 Å². The lowest BCUT2D eigenvalue weighted by Gasteiger charge is -2.19. The van der Waals surface area contributed by atoms with Gasteiger partial charge in [0.1, 0.15) is 0 Å². The van der Waals surface area contributed by atoms with Crippen LogP contribution in [0.4, 0.5) is 8.78 Å². The summed E-state index contributed by atoms with van der Waals surface area (Å²) in [4.78, 5) is 6.47. The van der Waals surface area contributed by atoms with Gasteiger partial charge in [-0.05, 0) is 26.5 Å². The summed E-state index contributed by atoms with van der Waals surface area (Å²) in [6.07, 6.45) is 0.556. The minimum Gasteiger partial charge on any atom is -0.324 e. The number of nitrogens with two attached hydrogens (primary N) is 1. The molecule has 114 valence electrons. The molecule has 6 heteroatoms. The molecule has 0 aliphatic rings. The number of benzene rings is 1. The molecule has 0 aliphatic carbocycles. The fourth-order valence-corrected chi connectivity index (χ4v) is 2.76. The van der Waals surface area contributed by atoms with Crippen LogP contribution in [0, 0.1) is 18.6 Å². The van der Waals surface area contributed by atoms with E-state index in [4.69, 9.17) is 5.73 Å². The van der Waals surface area contributed by atoms with Crippen LogP contribution >= 0.6 is 11.3 Å². The highest BCUT2D eigenvalue weighted by molar-refractivity contribution is 7.09. The van der Waals surface area contributed by atoms with Gasteiger partial charge in [-0.1, -0.05) is 12.1 Å². The molecular weight excluding hydrogens is 292 g/mol. The Morgan fingerprint density at radius 1 is 1.38 bits per heavy atom. The highest BCUT2D eigenvalue weighted by Gasteiger charge is 2.15. The molecule has 2 N–H and O–H groups in total. The number of nitrogens with zero attached hydrogens (tertiary/aromatic N) is 2. The first kappa shape index (κ1) is 16.0. The Hall–Kier alpha value is -1.37. The standard InChI is InChI=1S/C15H19F2N3S/c1-10-19-11(9-21-10)8-20(2)7-6-14(18)12-4-3-5-13(16)15(12)17/h3-5,9,14H,6-8,18H2,1-2H3. The summed E-state index contributed by atoms with van der Waals surface area (Å²) in [5.74, 6) is -1.70. The number of halogens is 2. The summed E-state index contributed by atoms with van der Waals surface area (Å²) < 4.78 is 26.8. The zero-order valence-corrected chi connectivity index (χ0v) is 13.0. The van der Waals surface area contributed by atoms with Crippen LogP contribution in [0.25, 0.3) is 0 Å². The van der Waals surface area contributed by atoms with Gasteiger partial charge in [-0.15, -0.1) is 11.3 Å². The fraction of sp³-hybridized carbons (Fsp3) is 0.400. The number of rotatable bonds is 6. The quantitative estimate of drug-likeness (QED) is 0.890. The summed E-state index contributed by atoms with van der Waals surface area (Å²) >= 11 is 1.62. The van der Waals surface area contributed by atoms with Crippen LogP contribution in [0.2, 0.25) is 0 Å². The predicted molar refractivity (Wildman–Crippen MR) is 81.1 cm³/mol. The van der Waals surface area contributed by atoms with Crippen molar-refractivity contribution >= 4 is 11.3 Å². The molecule has 0 amide bonds. The molecular formula is C15H19F2N3S. The molecule has 2 aromatic rings. The van der Waals surface area contributed by atoms with E-state index in [0.717, 1.165) is 23.3 Å². The lowest BCUT2D eigenvalue weighted by Crippen LogP contribution is -2.24. The van der Waals surface area contributed by atoms with Crippen molar-refractivity contribution in [3.05, 3.63) is 51.5 Å². The maximum Gasteiger partial charge on any atom is 0.163 e. The topological polar surface area (TPSA) is 42.2 Å². The largest absolute Gasteiger partial charge is 0.324 e. The van der Waals surface area contributed by atoms with E-state index < -0.39 is 17.7 Å². The molecule has 0 spiro atoms. The predicted octanol–water partition coefficient (Wildman–Crippen LogP) is 3.25. The molecule has 0 saturated heterocycles.